The monoisotopic (exact) mass is 311 g/mol. The number of ether oxygens (including phenoxy) is 1. The molecular weight excluding hydrogens is 294 g/mol. The van der Waals surface area contributed by atoms with Crippen molar-refractivity contribution in [3.05, 3.63) is 29.7 Å². The summed E-state index contributed by atoms with van der Waals surface area (Å²) in [5.41, 5.74) is 1.64. The zero-order chi connectivity index (χ0) is 16.4. The highest BCUT2D eigenvalue weighted by Crippen LogP contribution is 2.73. The Morgan fingerprint density at radius 2 is 2.13 bits per heavy atom. The Kier molecular flexibility index (Phi) is 2.60. The highest BCUT2D eigenvalue weighted by atomic mass is 16.5. The molecule has 5 rings (SSSR count). The first-order chi connectivity index (χ1) is 10.9. The Hall–Kier alpha value is -2.55. The zero-order valence-electron chi connectivity index (χ0n) is 13.0. The Labute approximate surface area is 133 Å². The minimum Gasteiger partial charge on any atom is -0.490 e. The molecule has 0 aromatic carbocycles. The van der Waals surface area contributed by atoms with Crippen molar-refractivity contribution in [1.29, 1.82) is 5.26 Å². The molecule has 3 saturated carbocycles. The van der Waals surface area contributed by atoms with Crippen LogP contribution >= 0.6 is 0 Å². The lowest BCUT2D eigenvalue weighted by Crippen LogP contribution is -2.63. The number of carboxylic acids is 1. The van der Waals surface area contributed by atoms with Crippen LogP contribution in [0, 0.1) is 16.7 Å². The van der Waals surface area contributed by atoms with E-state index in [-0.39, 0.29) is 22.5 Å². The molecule has 0 unspecified atom stereocenters. The molecule has 0 amide bonds. The number of nitrogens with zero attached hydrogens (tertiary/aromatic N) is 3. The number of carbonyl (C=O) groups is 1. The SMILES string of the molecule is CC(C)Oc1cc2nc(C34CC(C#N)(C3)C4)cn2cc1C(=O)O. The largest absolute Gasteiger partial charge is 0.490 e. The molecule has 3 fully saturated rings. The van der Waals surface area contributed by atoms with E-state index >= 15 is 0 Å². The number of nitriles is 1. The summed E-state index contributed by atoms with van der Waals surface area (Å²) in [6, 6.07) is 4.07. The van der Waals surface area contributed by atoms with Gasteiger partial charge in [-0.05, 0) is 33.1 Å². The van der Waals surface area contributed by atoms with Gasteiger partial charge < -0.3 is 14.2 Å². The quantitative estimate of drug-likeness (QED) is 0.938. The van der Waals surface area contributed by atoms with E-state index in [2.05, 4.69) is 11.1 Å². The number of fused-ring (bicyclic) bond motifs is 1. The molecule has 0 saturated heterocycles. The highest BCUT2D eigenvalue weighted by Gasteiger charge is 2.70. The number of imidazole rings is 1. The first-order valence-electron chi connectivity index (χ1n) is 7.71. The van der Waals surface area contributed by atoms with Crippen LogP contribution in [-0.2, 0) is 5.41 Å². The minimum atomic E-state index is -1.02. The van der Waals surface area contributed by atoms with Gasteiger partial charge in [0.25, 0.3) is 0 Å². The van der Waals surface area contributed by atoms with Gasteiger partial charge in [-0.2, -0.15) is 5.26 Å². The maximum absolute atomic E-state index is 11.5. The minimum absolute atomic E-state index is 0.0181. The summed E-state index contributed by atoms with van der Waals surface area (Å²) in [7, 11) is 0. The average Bonchev–Trinajstić information content (AvgIpc) is 2.76. The fourth-order valence-corrected chi connectivity index (χ4v) is 3.96. The fraction of sp³-hybridized carbons (Fsp3) is 0.471. The van der Waals surface area contributed by atoms with Gasteiger partial charge in [0.1, 0.15) is 17.0 Å². The van der Waals surface area contributed by atoms with Gasteiger partial charge in [-0.15, -0.1) is 0 Å². The molecule has 0 spiro atoms. The van der Waals surface area contributed by atoms with Gasteiger partial charge in [0.15, 0.2) is 0 Å². The van der Waals surface area contributed by atoms with Crippen LogP contribution in [0.4, 0.5) is 0 Å². The summed E-state index contributed by atoms with van der Waals surface area (Å²) in [6.07, 6.45) is 5.92. The Balaban J connectivity index is 1.75. The van der Waals surface area contributed by atoms with Gasteiger partial charge in [-0.1, -0.05) is 0 Å². The van der Waals surface area contributed by atoms with Gasteiger partial charge >= 0.3 is 5.97 Å². The number of aromatic nitrogens is 2. The van der Waals surface area contributed by atoms with Crippen molar-refractivity contribution in [2.24, 2.45) is 5.41 Å². The number of hydrogen-bond acceptors (Lipinski definition) is 4. The Morgan fingerprint density at radius 1 is 1.43 bits per heavy atom. The van der Waals surface area contributed by atoms with E-state index in [1.165, 1.54) is 0 Å². The number of rotatable bonds is 4. The molecular formula is C17H17N3O3. The number of hydrogen-bond donors (Lipinski definition) is 1. The van der Waals surface area contributed by atoms with Crippen LogP contribution in [-0.4, -0.2) is 26.6 Å². The standard InChI is InChI=1S/C17H17N3O3/c1-10(2)23-12-3-14-19-13(5-20(14)4-11(12)15(21)22)17-6-16(7-17,8-17)9-18/h3-5,10H,6-8H2,1-2H3,(H,21,22). The molecule has 118 valence electrons. The van der Waals surface area contributed by atoms with Crippen molar-refractivity contribution < 1.29 is 14.6 Å². The van der Waals surface area contributed by atoms with Gasteiger partial charge in [0, 0.05) is 23.9 Å². The second kappa shape index (κ2) is 4.25. The topological polar surface area (TPSA) is 87.6 Å². The van der Waals surface area contributed by atoms with E-state index in [4.69, 9.17) is 10.00 Å². The molecule has 0 atom stereocenters. The first-order valence-corrected chi connectivity index (χ1v) is 7.71. The first kappa shape index (κ1) is 14.1. The Bertz CT molecular complexity index is 855. The van der Waals surface area contributed by atoms with Gasteiger partial charge in [-0.3, -0.25) is 0 Å². The molecule has 0 aliphatic heterocycles. The summed E-state index contributed by atoms with van der Waals surface area (Å²) in [4.78, 5) is 16.1. The van der Waals surface area contributed by atoms with E-state index in [1.54, 1.807) is 16.7 Å². The van der Waals surface area contributed by atoms with Crippen LogP contribution in [0.5, 0.6) is 5.75 Å². The van der Waals surface area contributed by atoms with E-state index in [0.29, 0.717) is 11.4 Å². The molecule has 6 heteroatoms. The van der Waals surface area contributed by atoms with Crippen LogP contribution in [0.3, 0.4) is 0 Å². The second-order valence-corrected chi connectivity index (χ2v) is 7.12. The van der Waals surface area contributed by atoms with Gasteiger partial charge in [0.05, 0.1) is 23.3 Å². The van der Waals surface area contributed by atoms with Crippen molar-refractivity contribution in [2.75, 3.05) is 0 Å². The van der Waals surface area contributed by atoms with Crippen molar-refractivity contribution >= 4 is 11.6 Å². The lowest BCUT2D eigenvalue weighted by molar-refractivity contribution is -0.0953. The van der Waals surface area contributed by atoms with E-state index in [9.17, 15) is 9.90 Å². The Morgan fingerprint density at radius 3 is 2.70 bits per heavy atom. The van der Waals surface area contributed by atoms with E-state index < -0.39 is 5.97 Å². The van der Waals surface area contributed by atoms with Crippen LogP contribution in [0.2, 0.25) is 0 Å². The van der Waals surface area contributed by atoms with Crippen molar-refractivity contribution in [2.45, 2.75) is 44.6 Å². The van der Waals surface area contributed by atoms with Crippen LogP contribution in [0.15, 0.2) is 18.5 Å². The highest BCUT2D eigenvalue weighted by molar-refractivity contribution is 5.91. The van der Waals surface area contributed by atoms with E-state index in [1.807, 2.05) is 20.0 Å². The van der Waals surface area contributed by atoms with Gasteiger partial charge in [0.2, 0.25) is 0 Å². The smallest absolute Gasteiger partial charge is 0.341 e. The van der Waals surface area contributed by atoms with Crippen LogP contribution < -0.4 is 4.74 Å². The number of pyridine rings is 1. The molecule has 6 nitrogen and oxygen atoms in total. The second-order valence-electron chi connectivity index (χ2n) is 7.12. The lowest BCUT2D eigenvalue weighted by Gasteiger charge is -2.66. The summed E-state index contributed by atoms with van der Waals surface area (Å²) in [5.74, 6) is -0.685. The number of aromatic carboxylic acids is 1. The third-order valence-electron chi connectivity index (χ3n) is 4.96. The fourth-order valence-electron chi connectivity index (χ4n) is 3.96. The molecule has 23 heavy (non-hydrogen) atoms. The molecule has 3 aliphatic rings. The predicted octanol–water partition coefficient (Wildman–Crippen LogP) is 2.76. The maximum atomic E-state index is 11.5. The summed E-state index contributed by atoms with van der Waals surface area (Å²) >= 11 is 0. The van der Waals surface area contributed by atoms with Crippen LogP contribution in [0.25, 0.3) is 5.65 Å². The molecule has 1 N–H and O–H groups in total. The van der Waals surface area contributed by atoms with Crippen LogP contribution in [0.1, 0.15) is 49.2 Å². The van der Waals surface area contributed by atoms with Crippen molar-refractivity contribution in [3.8, 4) is 11.8 Å². The zero-order valence-corrected chi connectivity index (χ0v) is 13.0. The molecule has 2 aromatic rings. The lowest BCUT2D eigenvalue weighted by atomic mass is 9.35. The van der Waals surface area contributed by atoms with Gasteiger partial charge in [-0.25, -0.2) is 9.78 Å². The average molecular weight is 311 g/mol. The summed E-state index contributed by atoms with van der Waals surface area (Å²) in [5, 5.41) is 18.5. The normalized spacial score (nSPS) is 28.1. The molecule has 2 bridgehead atoms. The molecule has 0 radical (unpaired) electrons. The third-order valence-corrected chi connectivity index (χ3v) is 4.96. The molecule has 2 aromatic heterocycles. The molecule has 3 aliphatic carbocycles. The number of carboxylic acid groups (broad SMARTS) is 1. The molecule has 2 heterocycles. The maximum Gasteiger partial charge on any atom is 0.341 e. The summed E-state index contributed by atoms with van der Waals surface area (Å²) < 4.78 is 7.36. The summed E-state index contributed by atoms with van der Waals surface area (Å²) in [6.45, 7) is 3.71. The van der Waals surface area contributed by atoms with E-state index in [0.717, 1.165) is 25.0 Å². The van der Waals surface area contributed by atoms with Crippen molar-refractivity contribution in [1.82, 2.24) is 9.38 Å². The predicted molar refractivity (Wildman–Crippen MR) is 81.5 cm³/mol. The third kappa shape index (κ3) is 1.86. The van der Waals surface area contributed by atoms with Crippen molar-refractivity contribution in [3.63, 3.8) is 0 Å².